The van der Waals surface area contributed by atoms with Gasteiger partial charge in [0.1, 0.15) is 17.7 Å². The van der Waals surface area contributed by atoms with Gasteiger partial charge in [-0.2, -0.15) is 5.10 Å². The summed E-state index contributed by atoms with van der Waals surface area (Å²) >= 11 is 0. The molecule has 1 aliphatic carbocycles. The van der Waals surface area contributed by atoms with Gasteiger partial charge in [0, 0.05) is 18.8 Å². The third-order valence-electron chi connectivity index (χ3n) is 5.15. The standard InChI is InChI=1S/C19H23N7O2/c1-2-3-4-5-7-14-23-18(20)15-19(24-14)25(11-21-15)12-10-13(17(28)16(12)27)26-9-6-8-22-26/h6,8-9,11-13,16-17,27-28H,2-4,10H2,1H3,(H2,20,23,24)/t12-,13+,16+,17-/m1/s1. The lowest BCUT2D eigenvalue weighted by Crippen LogP contribution is -2.30. The lowest BCUT2D eigenvalue weighted by Gasteiger charge is -2.18. The molecule has 0 aliphatic heterocycles. The largest absolute Gasteiger partial charge is 0.388 e. The highest BCUT2D eigenvalue weighted by molar-refractivity contribution is 5.82. The van der Waals surface area contributed by atoms with Crippen molar-refractivity contribution in [2.45, 2.75) is 56.9 Å². The van der Waals surface area contributed by atoms with E-state index in [0.717, 1.165) is 19.3 Å². The summed E-state index contributed by atoms with van der Waals surface area (Å²) in [4.78, 5) is 13.0. The van der Waals surface area contributed by atoms with Crippen molar-refractivity contribution < 1.29 is 10.2 Å². The molecule has 4 N–H and O–H groups in total. The van der Waals surface area contributed by atoms with E-state index in [4.69, 9.17) is 5.73 Å². The number of aromatic nitrogens is 6. The summed E-state index contributed by atoms with van der Waals surface area (Å²) in [5.74, 6) is 6.59. The summed E-state index contributed by atoms with van der Waals surface area (Å²) in [7, 11) is 0. The highest BCUT2D eigenvalue weighted by atomic mass is 16.3. The molecule has 1 aliphatic rings. The molecule has 4 rings (SSSR count). The van der Waals surface area contributed by atoms with Crippen LogP contribution in [0.15, 0.2) is 24.8 Å². The molecule has 146 valence electrons. The zero-order chi connectivity index (χ0) is 19.7. The van der Waals surface area contributed by atoms with Crippen molar-refractivity contribution in [1.29, 1.82) is 0 Å². The van der Waals surface area contributed by atoms with Crippen molar-refractivity contribution in [1.82, 2.24) is 29.3 Å². The number of hydrogen-bond donors (Lipinski definition) is 3. The molecular weight excluding hydrogens is 358 g/mol. The van der Waals surface area contributed by atoms with E-state index in [9.17, 15) is 10.2 Å². The fourth-order valence-corrected chi connectivity index (χ4v) is 3.64. The molecule has 3 aromatic rings. The normalized spacial score (nSPS) is 24.4. The van der Waals surface area contributed by atoms with Gasteiger partial charge in [-0.15, -0.1) is 0 Å². The second-order valence-electron chi connectivity index (χ2n) is 7.00. The summed E-state index contributed by atoms with van der Waals surface area (Å²) in [6.07, 6.45) is 6.42. The molecule has 0 spiro atoms. The number of nitrogens with two attached hydrogens (primary N) is 1. The van der Waals surface area contributed by atoms with Crippen LogP contribution in [0, 0.1) is 11.8 Å². The summed E-state index contributed by atoms with van der Waals surface area (Å²) in [5, 5.41) is 25.4. The Kier molecular flexibility index (Phi) is 4.98. The Bertz CT molecular complexity index is 1020. The van der Waals surface area contributed by atoms with Crippen LogP contribution in [0.25, 0.3) is 11.2 Å². The highest BCUT2D eigenvalue weighted by Crippen LogP contribution is 2.39. The molecule has 0 amide bonds. The van der Waals surface area contributed by atoms with E-state index in [1.54, 1.807) is 34.0 Å². The minimum Gasteiger partial charge on any atom is -0.388 e. The minimum atomic E-state index is -0.984. The lowest BCUT2D eigenvalue weighted by atomic mass is 10.2. The van der Waals surface area contributed by atoms with Crippen LogP contribution in [0.3, 0.4) is 0 Å². The molecule has 0 unspecified atom stereocenters. The van der Waals surface area contributed by atoms with Crippen LogP contribution in [-0.4, -0.2) is 51.7 Å². The molecule has 0 aromatic carbocycles. The average Bonchev–Trinajstić information content (AvgIpc) is 3.40. The van der Waals surface area contributed by atoms with Crippen LogP contribution in [0.2, 0.25) is 0 Å². The fourth-order valence-electron chi connectivity index (χ4n) is 3.64. The van der Waals surface area contributed by atoms with Gasteiger partial charge in [0.2, 0.25) is 5.82 Å². The number of imidazole rings is 1. The number of unbranched alkanes of at least 4 members (excludes halogenated alkanes) is 2. The first-order valence-corrected chi connectivity index (χ1v) is 9.44. The molecular formula is C19H23N7O2. The van der Waals surface area contributed by atoms with Crippen LogP contribution in [-0.2, 0) is 0 Å². The summed E-state index contributed by atoms with van der Waals surface area (Å²) in [6.45, 7) is 2.11. The van der Waals surface area contributed by atoms with E-state index in [-0.39, 0.29) is 11.9 Å². The summed E-state index contributed by atoms with van der Waals surface area (Å²) < 4.78 is 3.42. The minimum absolute atomic E-state index is 0.250. The average molecular weight is 381 g/mol. The predicted octanol–water partition coefficient (Wildman–Crippen LogP) is 1.05. The molecule has 0 radical (unpaired) electrons. The Hall–Kier alpha value is -2.96. The number of aliphatic hydroxyl groups is 2. The Morgan fingerprint density at radius 3 is 2.82 bits per heavy atom. The van der Waals surface area contributed by atoms with Crippen LogP contribution >= 0.6 is 0 Å². The Labute approximate surface area is 162 Å². The van der Waals surface area contributed by atoms with Gasteiger partial charge in [-0.3, -0.25) is 4.68 Å². The first kappa shape index (κ1) is 18.4. The molecule has 3 heterocycles. The molecule has 0 saturated heterocycles. The number of rotatable bonds is 4. The number of hydrogen-bond acceptors (Lipinski definition) is 7. The van der Waals surface area contributed by atoms with Crippen LogP contribution in [0.4, 0.5) is 5.82 Å². The Morgan fingerprint density at radius 1 is 1.25 bits per heavy atom. The second kappa shape index (κ2) is 7.58. The molecule has 28 heavy (non-hydrogen) atoms. The van der Waals surface area contributed by atoms with Crippen molar-refractivity contribution in [2.24, 2.45) is 0 Å². The van der Waals surface area contributed by atoms with Gasteiger partial charge in [0.05, 0.1) is 18.4 Å². The van der Waals surface area contributed by atoms with Crippen molar-refractivity contribution in [3.05, 3.63) is 30.6 Å². The number of nitrogens with zero attached hydrogens (tertiary/aromatic N) is 6. The van der Waals surface area contributed by atoms with Gasteiger partial charge in [-0.05, 0) is 24.8 Å². The molecule has 1 saturated carbocycles. The number of anilines is 1. The first-order chi connectivity index (χ1) is 13.6. The van der Waals surface area contributed by atoms with Gasteiger partial charge in [-0.25, -0.2) is 15.0 Å². The van der Waals surface area contributed by atoms with Crippen molar-refractivity contribution in [2.75, 3.05) is 5.73 Å². The lowest BCUT2D eigenvalue weighted by molar-refractivity contribution is 0.00722. The summed E-state index contributed by atoms with van der Waals surface area (Å²) in [5.41, 5.74) is 7.01. The molecule has 9 nitrogen and oxygen atoms in total. The SMILES string of the molecule is CCCCC#Cc1nc(N)c2ncn([C@@H]3C[C@H](n4cccn4)[C@@H](O)[C@H]3O)c2n1. The number of aliphatic hydroxyl groups excluding tert-OH is 2. The Morgan fingerprint density at radius 2 is 2.07 bits per heavy atom. The molecule has 4 atom stereocenters. The highest BCUT2D eigenvalue weighted by Gasteiger charge is 2.44. The van der Waals surface area contributed by atoms with Crippen molar-refractivity contribution in [3.63, 3.8) is 0 Å². The zero-order valence-electron chi connectivity index (χ0n) is 15.6. The van der Waals surface area contributed by atoms with Gasteiger partial charge in [-0.1, -0.05) is 19.3 Å². The van der Waals surface area contributed by atoms with E-state index >= 15 is 0 Å². The van der Waals surface area contributed by atoms with E-state index < -0.39 is 18.2 Å². The van der Waals surface area contributed by atoms with Crippen LogP contribution in [0.5, 0.6) is 0 Å². The van der Waals surface area contributed by atoms with E-state index in [2.05, 4.69) is 38.8 Å². The smallest absolute Gasteiger partial charge is 0.208 e. The van der Waals surface area contributed by atoms with Crippen molar-refractivity contribution >= 4 is 17.0 Å². The van der Waals surface area contributed by atoms with Gasteiger partial charge < -0.3 is 20.5 Å². The van der Waals surface area contributed by atoms with Gasteiger partial charge in [0.15, 0.2) is 11.5 Å². The number of fused-ring (bicyclic) bond motifs is 1. The van der Waals surface area contributed by atoms with Crippen molar-refractivity contribution in [3.8, 4) is 11.8 Å². The molecule has 1 fully saturated rings. The van der Waals surface area contributed by atoms with Crippen LogP contribution in [0.1, 0.15) is 50.5 Å². The van der Waals surface area contributed by atoms with E-state index in [1.165, 1.54) is 0 Å². The third kappa shape index (κ3) is 3.21. The molecule has 0 bridgehead atoms. The molecule has 3 aromatic heterocycles. The summed E-state index contributed by atoms with van der Waals surface area (Å²) in [6, 6.07) is 1.04. The monoisotopic (exact) mass is 381 g/mol. The van der Waals surface area contributed by atoms with Gasteiger partial charge >= 0.3 is 0 Å². The van der Waals surface area contributed by atoms with Gasteiger partial charge in [0.25, 0.3) is 0 Å². The van der Waals surface area contributed by atoms with E-state index in [1.807, 2.05) is 0 Å². The Balaban J connectivity index is 1.68. The predicted molar refractivity (Wildman–Crippen MR) is 103 cm³/mol. The third-order valence-corrected chi connectivity index (χ3v) is 5.15. The molecule has 9 heteroatoms. The second-order valence-corrected chi connectivity index (χ2v) is 7.00. The van der Waals surface area contributed by atoms with E-state index in [0.29, 0.717) is 23.4 Å². The zero-order valence-corrected chi connectivity index (χ0v) is 15.6. The maximum absolute atomic E-state index is 10.7. The first-order valence-electron chi connectivity index (χ1n) is 9.44. The topological polar surface area (TPSA) is 128 Å². The quantitative estimate of drug-likeness (QED) is 0.455. The maximum atomic E-state index is 10.7. The van der Waals surface area contributed by atoms with Crippen LogP contribution < -0.4 is 5.73 Å². The fraction of sp³-hybridized carbons (Fsp3) is 0.474. The number of nitrogen functional groups attached to an aromatic ring is 1. The maximum Gasteiger partial charge on any atom is 0.208 e.